The van der Waals surface area contributed by atoms with Crippen molar-refractivity contribution in [1.29, 1.82) is 0 Å². The molecule has 0 aromatic heterocycles. The Morgan fingerprint density at radius 3 is 1.03 bits per heavy atom. The minimum atomic E-state index is -0.850. The molecule has 0 saturated carbocycles. The minimum Gasteiger partial charge on any atom is -0.466 e. The number of amides is 1. The first-order valence-electron chi connectivity index (χ1n) is 30.0. The summed E-state index contributed by atoms with van der Waals surface area (Å²) >= 11 is 0. The van der Waals surface area contributed by atoms with E-state index in [2.05, 4.69) is 19.2 Å². The molecular formula is C60H117NO5. The number of allylic oxidation sites excluding steroid dienone is 1. The number of carbonyl (C=O) groups excluding carboxylic acids is 2. The van der Waals surface area contributed by atoms with E-state index in [1.165, 1.54) is 263 Å². The van der Waals surface area contributed by atoms with E-state index < -0.39 is 12.1 Å². The predicted molar refractivity (Wildman–Crippen MR) is 287 cm³/mol. The SMILES string of the molecule is CCCCCCCCCCCCCCCCCCCC/C=C/C(O)C(CO)NC(=O)CCCCCCCCCCCCCCCCCOC(=O)CCCCCCCCCCCCCCCC. The van der Waals surface area contributed by atoms with E-state index in [-0.39, 0.29) is 18.5 Å². The average Bonchev–Trinajstić information content (AvgIpc) is 3.32. The fraction of sp³-hybridized carbons (Fsp3) is 0.933. The van der Waals surface area contributed by atoms with Crippen molar-refractivity contribution in [3.05, 3.63) is 12.2 Å². The zero-order valence-electron chi connectivity index (χ0n) is 44.7. The van der Waals surface area contributed by atoms with Gasteiger partial charge in [0.2, 0.25) is 5.91 Å². The molecule has 0 spiro atoms. The Bertz CT molecular complexity index is 986. The number of aliphatic hydroxyl groups excluding tert-OH is 2. The van der Waals surface area contributed by atoms with Crippen LogP contribution in [0.25, 0.3) is 0 Å². The number of carbonyl (C=O) groups is 2. The van der Waals surface area contributed by atoms with Crippen molar-refractivity contribution in [2.24, 2.45) is 0 Å². The van der Waals surface area contributed by atoms with Gasteiger partial charge in [-0.1, -0.05) is 302 Å². The Balaban J connectivity index is 3.45. The van der Waals surface area contributed by atoms with Crippen LogP contribution in [0, 0.1) is 0 Å². The van der Waals surface area contributed by atoms with Gasteiger partial charge in [0.1, 0.15) is 0 Å². The van der Waals surface area contributed by atoms with E-state index in [1.54, 1.807) is 6.08 Å². The smallest absolute Gasteiger partial charge is 0.305 e. The molecule has 3 N–H and O–H groups in total. The molecule has 6 heteroatoms. The van der Waals surface area contributed by atoms with E-state index in [1.807, 2.05) is 6.08 Å². The number of ether oxygens (including phenoxy) is 1. The van der Waals surface area contributed by atoms with Crippen LogP contribution < -0.4 is 5.32 Å². The van der Waals surface area contributed by atoms with Gasteiger partial charge in [-0.2, -0.15) is 0 Å². The van der Waals surface area contributed by atoms with Crippen LogP contribution in [0.15, 0.2) is 12.2 Å². The molecule has 0 aliphatic carbocycles. The van der Waals surface area contributed by atoms with Crippen molar-refractivity contribution in [3.63, 3.8) is 0 Å². The predicted octanol–water partition coefficient (Wildman–Crippen LogP) is 18.5. The van der Waals surface area contributed by atoms with E-state index >= 15 is 0 Å². The van der Waals surface area contributed by atoms with Gasteiger partial charge in [0, 0.05) is 12.8 Å². The third kappa shape index (κ3) is 52.0. The normalized spacial score (nSPS) is 12.6. The quantitative estimate of drug-likeness (QED) is 0.0321. The van der Waals surface area contributed by atoms with Crippen molar-refractivity contribution in [2.75, 3.05) is 13.2 Å². The van der Waals surface area contributed by atoms with E-state index in [0.717, 1.165) is 44.9 Å². The van der Waals surface area contributed by atoms with Gasteiger partial charge in [-0.25, -0.2) is 0 Å². The fourth-order valence-electron chi connectivity index (χ4n) is 9.46. The maximum atomic E-state index is 12.5. The molecule has 2 atom stereocenters. The number of hydrogen-bond donors (Lipinski definition) is 3. The first kappa shape index (κ1) is 64.6. The minimum absolute atomic E-state index is 0.00263. The first-order chi connectivity index (χ1) is 32.5. The summed E-state index contributed by atoms with van der Waals surface area (Å²) < 4.78 is 5.48. The molecule has 0 saturated heterocycles. The molecule has 1 amide bonds. The molecule has 66 heavy (non-hydrogen) atoms. The van der Waals surface area contributed by atoms with Crippen molar-refractivity contribution < 1.29 is 24.5 Å². The number of rotatable bonds is 56. The molecule has 0 heterocycles. The summed E-state index contributed by atoms with van der Waals surface area (Å²) in [6, 6.07) is -0.634. The largest absolute Gasteiger partial charge is 0.466 e. The lowest BCUT2D eigenvalue weighted by molar-refractivity contribution is -0.143. The highest BCUT2D eigenvalue weighted by atomic mass is 16.5. The lowest BCUT2D eigenvalue weighted by Gasteiger charge is -2.20. The summed E-state index contributed by atoms with van der Waals surface area (Å²) in [6.45, 7) is 4.91. The van der Waals surface area contributed by atoms with Gasteiger partial charge < -0.3 is 20.3 Å². The molecule has 0 rings (SSSR count). The van der Waals surface area contributed by atoms with Gasteiger partial charge in [-0.05, 0) is 32.1 Å². The maximum absolute atomic E-state index is 12.5. The second kappa shape index (κ2) is 56.2. The Labute approximate surface area is 412 Å². The number of aliphatic hydroxyl groups is 2. The Morgan fingerprint density at radius 1 is 0.409 bits per heavy atom. The number of hydrogen-bond acceptors (Lipinski definition) is 5. The highest BCUT2D eigenvalue weighted by Crippen LogP contribution is 2.18. The van der Waals surface area contributed by atoms with Gasteiger partial charge in [0.05, 0.1) is 25.4 Å². The summed E-state index contributed by atoms with van der Waals surface area (Å²) in [5, 5.41) is 23.2. The third-order valence-corrected chi connectivity index (χ3v) is 14.1. The Kier molecular flexibility index (Phi) is 55.0. The molecule has 0 bridgehead atoms. The van der Waals surface area contributed by atoms with E-state index in [9.17, 15) is 19.8 Å². The summed E-state index contributed by atoms with van der Waals surface area (Å²) in [4.78, 5) is 24.5. The summed E-state index contributed by atoms with van der Waals surface area (Å²) in [7, 11) is 0. The monoisotopic (exact) mass is 932 g/mol. The second-order valence-corrected chi connectivity index (χ2v) is 20.7. The molecule has 6 nitrogen and oxygen atoms in total. The van der Waals surface area contributed by atoms with Crippen LogP contribution >= 0.6 is 0 Å². The van der Waals surface area contributed by atoms with Crippen LogP contribution in [0.2, 0.25) is 0 Å². The highest BCUT2D eigenvalue weighted by Gasteiger charge is 2.18. The summed E-state index contributed by atoms with van der Waals surface area (Å²) in [5.41, 5.74) is 0. The van der Waals surface area contributed by atoms with Crippen molar-refractivity contribution in [1.82, 2.24) is 5.32 Å². The number of unbranched alkanes of at least 4 members (excludes halogenated alkanes) is 45. The standard InChI is InChI=1S/C60H117NO5/c1-3-5-7-9-11-13-15-17-19-20-21-22-23-25-28-32-36-40-44-48-52-58(63)57(56-62)61-59(64)53-49-45-41-37-33-29-26-24-27-31-35-39-43-47-51-55-66-60(65)54-50-46-42-38-34-30-18-16-14-12-10-8-6-4-2/h48,52,57-58,62-63H,3-47,49-51,53-56H2,1-2H3,(H,61,64)/b52-48+. The molecule has 0 aromatic carbocycles. The highest BCUT2D eigenvalue weighted by molar-refractivity contribution is 5.76. The average molecular weight is 933 g/mol. The second-order valence-electron chi connectivity index (χ2n) is 20.7. The lowest BCUT2D eigenvalue weighted by Crippen LogP contribution is -2.45. The fourth-order valence-corrected chi connectivity index (χ4v) is 9.46. The van der Waals surface area contributed by atoms with Gasteiger partial charge in [-0.15, -0.1) is 0 Å². The van der Waals surface area contributed by atoms with Crippen LogP contribution in [0.4, 0.5) is 0 Å². The van der Waals surface area contributed by atoms with Gasteiger partial charge >= 0.3 is 5.97 Å². The first-order valence-corrected chi connectivity index (χ1v) is 30.0. The summed E-state index contributed by atoms with van der Waals surface area (Å²) in [5.74, 6) is -0.0703. The van der Waals surface area contributed by atoms with Crippen LogP contribution in [0.5, 0.6) is 0 Å². The van der Waals surface area contributed by atoms with E-state index in [4.69, 9.17) is 4.74 Å². The van der Waals surface area contributed by atoms with Crippen LogP contribution in [0.1, 0.15) is 335 Å². The maximum Gasteiger partial charge on any atom is 0.305 e. The molecule has 2 unspecified atom stereocenters. The molecular weight excluding hydrogens is 815 g/mol. The van der Waals surface area contributed by atoms with Crippen LogP contribution in [-0.4, -0.2) is 47.4 Å². The topological polar surface area (TPSA) is 95.9 Å². The Morgan fingerprint density at radius 2 is 0.697 bits per heavy atom. The van der Waals surface area contributed by atoms with Gasteiger partial charge in [-0.3, -0.25) is 9.59 Å². The van der Waals surface area contributed by atoms with Crippen molar-refractivity contribution in [3.8, 4) is 0 Å². The Hall–Kier alpha value is -1.40. The number of nitrogens with one attached hydrogen (secondary N) is 1. The molecule has 0 radical (unpaired) electrons. The molecule has 0 aliphatic heterocycles. The lowest BCUT2D eigenvalue weighted by atomic mass is 10.0. The van der Waals surface area contributed by atoms with Crippen molar-refractivity contribution >= 4 is 11.9 Å². The van der Waals surface area contributed by atoms with E-state index in [0.29, 0.717) is 19.4 Å². The number of esters is 1. The van der Waals surface area contributed by atoms with Crippen LogP contribution in [0.3, 0.4) is 0 Å². The molecule has 392 valence electrons. The molecule has 0 aromatic rings. The molecule has 0 fully saturated rings. The van der Waals surface area contributed by atoms with Gasteiger partial charge in [0.15, 0.2) is 0 Å². The van der Waals surface area contributed by atoms with Crippen LogP contribution in [-0.2, 0) is 14.3 Å². The third-order valence-electron chi connectivity index (χ3n) is 14.1. The van der Waals surface area contributed by atoms with Gasteiger partial charge in [0.25, 0.3) is 0 Å². The zero-order chi connectivity index (χ0) is 47.9. The zero-order valence-corrected chi connectivity index (χ0v) is 44.7. The summed E-state index contributed by atoms with van der Waals surface area (Å²) in [6.07, 6.45) is 66.6. The van der Waals surface area contributed by atoms with Crippen molar-refractivity contribution in [2.45, 2.75) is 347 Å². The molecule has 0 aliphatic rings.